The first-order chi connectivity index (χ1) is 15.4. The molecule has 1 aromatic heterocycles. The predicted octanol–water partition coefficient (Wildman–Crippen LogP) is 4.29. The zero-order valence-electron chi connectivity index (χ0n) is 17.3. The number of aliphatic hydroxyl groups is 1. The number of nitrogens with zero attached hydrogens (tertiary/aromatic N) is 2. The highest BCUT2D eigenvalue weighted by Gasteiger charge is 2.33. The van der Waals surface area contributed by atoms with Crippen molar-refractivity contribution in [3.63, 3.8) is 0 Å². The minimum Gasteiger partial charge on any atom is -0.508 e. The van der Waals surface area contributed by atoms with E-state index < -0.39 is 27.7 Å². The number of phenolic OH excluding ortho intramolecular Hbond substituents is 1. The van der Waals surface area contributed by atoms with Crippen LogP contribution in [0.3, 0.4) is 0 Å². The van der Waals surface area contributed by atoms with Gasteiger partial charge < -0.3 is 14.8 Å². The number of halogens is 3. The number of imidazole rings is 1. The van der Waals surface area contributed by atoms with E-state index in [9.17, 15) is 31.8 Å². The number of aromatic nitrogens is 2. The first kappa shape index (κ1) is 22.8. The van der Waals surface area contributed by atoms with Crippen LogP contribution < -0.4 is 0 Å². The van der Waals surface area contributed by atoms with Crippen molar-refractivity contribution in [3.05, 3.63) is 89.2 Å². The monoisotopic (exact) mass is 476 g/mol. The molecule has 172 valence electrons. The van der Waals surface area contributed by atoms with E-state index in [0.717, 1.165) is 12.3 Å². The van der Waals surface area contributed by atoms with Crippen LogP contribution in [0.5, 0.6) is 5.75 Å². The summed E-state index contributed by atoms with van der Waals surface area (Å²) in [4.78, 5) is 4.38. The van der Waals surface area contributed by atoms with E-state index >= 15 is 0 Å². The molecule has 0 spiro atoms. The molecule has 4 aromatic rings. The summed E-state index contributed by atoms with van der Waals surface area (Å²) < 4.78 is 66.1. The number of aromatic hydroxyl groups is 1. The van der Waals surface area contributed by atoms with Crippen molar-refractivity contribution in [3.8, 4) is 5.75 Å². The first-order valence-corrected chi connectivity index (χ1v) is 11.7. The van der Waals surface area contributed by atoms with E-state index in [1.165, 1.54) is 65.2 Å². The van der Waals surface area contributed by atoms with Gasteiger partial charge in [0.2, 0.25) is 0 Å². The highest BCUT2D eigenvalue weighted by Crippen LogP contribution is 2.34. The number of rotatable bonds is 5. The van der Waals surface area contributed by atoms with E-state index in [0.29, 0.717) is 11.1 Å². The van der Waals surface area contributed by atoms with E-state index in [2.05, 4.69) is 4.98 Å². The quantitative estimate of drug-likeness (QED) is 0.448. The lowest BCUT2D eigenvalue weighted by Crippen LogP contribution is -2.15. The van der Waals surface area contributed by atoms with Crippen molar-refractivity contribution < 1.29 is 31.8 Å². The van der Waals surface area contributed by atoms with Crippen LogP contribution in [0.2, 0.25) is 0 Å². The molecule has 6 nitrogen and oxygen atoms in total. The molecule has 0 bridgehead atoms. The number of benzene rings is 3. The van der Waals surface area contributed by atoms with Crippen LogP contribution in [-0.2, 0) is 22.6 Å². The lowest BCUT2D eigenvalue weighted by molar-refractivity contribution is -0.138. The lowest BCUT2D eigenvalue weighted by atomic mass is 10.1. The molecule has 1 heterocycles. The second-order valence-corrected chi connectivity index (χ2v) is 9.64. The largest absolute Gasteiger partial charge is 0.508 e. The molecule has 0 amide bonds. The molecule has 3 aromatic carbocycles. The van der Waals surface area contributed by atoms with Crippen molar-refractivity contribution >= 4 is 20.9 Å². The molecule has 10 heteroatoms. The second kappa shape index (κ2) is 8.20. The Labute approximate surface area is 187 Å². The van der Waals surface area contributed by atoms with Crippen molar-refractivity contribution in [1.29, 1.82) is 0 Å². The smallest absolute Gasteiger partial charge is 0.416 e. The molecule has 0 unspecified atom stereocenters. The third-order valence-electron chi connectivity index (χ3n) is 5.28. The maximum absolute atomic E-state index is 13.6. The number of hydrogen-bond donors (Lipinski definition) is 2. The van der Waals surface area contributed by atoms with Crippen molar-refractivity contribution in [1.82, 2.24) is 9.55 Å². The molecule has 0 saturated carbocycles. The summed E-state index contributed by atoms with van der Waals surface area (Å²) in [5.41, 5.74) is 0.0968. The molecule has 4 rings (SSSR count). The Kier molecular flexibility index (Phi) is 5.67. The van der Waals surface area contributed by atoms with Gasteiger partial charge in [0, 0.05) is 6.26 Å². The van der Waals surface area contributed by atoms with Gasteiger partial charge in [-0.1, -0.05) is 30.3 Å². The fourth-order valence-corrected chi connectivity index (χ4v) is 4.29. The van der Waals surface area contributed by atoms with Crippen LogP contribution in [0.1, 0.15) is 28.6 Å². The van der Waals surface area contributed by atoms with E-state index in [-0.39, 0.29) is 34.1 Å². The average Bonchev–Trinajstić information content (AvgIpc) is 3.10. The molecule has 2 N–H and O–H groups in total. The first-order valence-electron chi connectivity index (χ1n) is 9.77. The Balaban J connectivity index is 1.91. The zero-order valence-corrected chi connectivity index (χ0v) is 18.1. The van der Waals surface area contributed by atoms with Gasteiger partial charge in [0.1, 0.15) is 17.7 Å². The maximum Gasteiger partial charge on any atom is 0.416 e. The topological polar surface area (TPSA) is 92.4 Å². The van der Waals surface area contributed by atoms with Gasteiger partial charge in [0.15, 0.2) is 9.84 Å². The minimum atomic E-state index is -4.58. The van der Waals surface area contributed by atoms with Gasteiger partial charge in [0.05, 0.1) is 28.0 Å². The number of hydrogen-bond acceptors (Lipinski definition) is 5. The minimum absolute atomic E-state index is 0.000940. The van der Waals surface area contributed by atoms with Gasteiger partial charge in [-0.05, 0) is 47.5 Å². The normalized spacial score (nSPS) is 13.4. The highest BCUT2D eigenvalue weighted by molar-refractivity contribution is 7.90. The van der Waals surface area contributed by atoms with Crippen LogP contribution >= 0.6 is 0 Å². The molecular formula is C23H19F3N2O4S. The van der Waals surface area contributed by atoms with Crippen LogP contribution in [0.25, 0.3) is 11.0 Å². The predicted molar refractivity (Wildman–Crippen MR) is 116 cm³/mol. The average molecular weight is 476 g/mol. The second-order valence-electron chi connectivity index (χ2n) is 7.63. The summed E-state index contributed by atoms with van der Waals surface area (Å²) in [7, 11) is -3.55. The van der Waals surface area contributed by atoms with Gasteiger partial charge in [-0.3, -0.25) is 0 Å². The van der Waals surface area contributed by atoms with Gasteiger partial charge in [-0.25, -0.2) is 13.4 Å². The summed E-state index contributed by atoms with van der Waals surface area (Å²) in [6.07, 6.45) is -4.87. The number of aliphatic hydroxyl groups excluding tert-OH is 1. The number of fused-ring (bicyclic) bond motifs is 1. The number of alkyl halides is 3. The third-order valence-corrected chi connectivity index (χ3v) is 6.39. The van der Waals surface area contributed by atoms with E-state index in [1.54, 1.807) is 0 Å². The molecule has 1 atom stereocenters. The highest BCUT2D eigenvalue weighted by atomic mass is 32.2. The zero-order chi connectivity index (χ0) is 24.0. The van der Waals surface area contributed by atoms with Crippen molar-refractivity contribution in [2.75, 3.05) is 6.26 Å². The molecule has 0 aliphatic rings. The summed E-state index contributed by atoms with van der Waals surface area (Å²) in [6, 6.07) is 14.9. The van der Waals surface area contributed by atoms with Crippen molar-refractivity contribution in [2.24, 2.45) is 0 Å². The summed E-state index contributed by atoms with van der Waals surface area (Å²) in [5.74, 6) is 0.0228. The third kappa shape index (κ3) is 4.57. The standard InChI is InChI=1S/C23H19F3N2O4S/c1-33(31,32)17-10-11-20-19(12-17)27-22(21(30)14-6-8-16(29)9-7-14)28(20)13-15-4-2-3-5-18(15)23(24,25)26/h2-12,21,29-30H,13H2,1H3/t21-/m1/s1. The summed E-state index contributed by atoms with van der Waals surface area (Å²) >= 11 is 0. The number of sulfone groups is 1. The van der Waals surface area contributed by atoms with Crippen LogP contribution in [0, 0.1) is 0 Å². The van der Waals surface area contributed by atoms with Crippen molar-refractivity contribution in [2.45, 2.75) is 23.7 Å². The van der Waals surface area contributed by atoms with Gasteiger partial charge in [-0.2, -0.15) is 13.2 Å². The molecular weight excluding hydrogens is 457 g/mol. The number of phenols is 1. The summed E-state index contributed by atoms with van der Waals surface area (Å²) in [6.45, 7) is -0.255. The molecule has 0 radical (unpaired) electrons. The van der Waals surface area contributed by atoms with Gasteiger partial charge in [0.25, 0.3) is 0 Å². The van der Waals surface area contributed by atoms with Crippen LogP contribution in [-0.4, -0.2) is 34.4 Å². The molecule has 33 heavy (non-hydrogen) atoms. The molecule has 0 aliphatic carbocycles. The molecule has 0 saturated heterocycles. The SMILES string of the molecule is CS(=O)(=O)c1ccc2c(c1)nc([C@H](O)c1ccc(O)cc1)n2Cc1ccccc1C(F)(F)F. The molecule has 0 aliphatic heterocycles. The van der Waals surface area contributed by atoms with E-state index in [4.69, 9.17) is 0 Å². The van der Waals surface area contributed by atoms with Gasteiger partial charge in [-0.15, -0.1) is 0 Å². The fraction of sp³-hybridized carbons (Fsp3) is 0.174. The fourth-order valence-electron chi connectivity index (χ4n) is 3.64. The van der Waals surface area contributed by atoms with Crippen LogP contribution in [0.4, 0.5) is 13.2 Å². The van der Waals surface area contributed by atoms with E-state index in [1.807, 2.05) is 0 Å². The van der Waals surface area contributed by atoms with Gasteiger partial charge >= 0.3 is 6.18 Å². The Hall–Kier alpha value is -3.37. The molecule has 0 fully saturated rings. The lowest BCUT2D eigenvalue weighted by Gasteiger charge is -2.17. The Bertz CT molecular complexity index is 1430. The summed E-state index contributed by atoms with van der Waals surface area (Å²) in [5, 5.41) is 20.5. The Morgan fingerprint density at radius 2 is 1.70 bits per heavy atom. The Morgan fingerprint density at radius 1 is 1.03 bits per heavy atom. The Morgan fingerprint density at radius 3 is 2.33 bits per heavy atom. The maximum atomic E-state index is 13.6. The van der Waals surface area contributed by atoms with Crippen LogP contribution in [0.15, 0.2) is 71.6 Å².